The average molecular weight is 432 g/mol. The van der Waals surface area contributed by atoms with Crippen molar-refractivity contribution in [3.05, 3.63) is 16.5 Å². The number of halogens is 3. The molecule has 29 heavy (non-hydrogen) atoms. The molecule has 2 aromatic rings. The molecule has 0 radical (unpaired) electrons. The number of pyridine rings is 1. The van der Waals surface area contributed by atoms with Gasteiger partial charge in [-0.15, -0.1) is 11.3 Å². The van der Waals surface area contributed by atoms with Gasteiger partial charge >= 0.3 is 6.18 Å². The van der Waals surface area contributed by atoms with Crippen LogP contribution in [0.3, 0.4) is 0 Å². The van der Waals surface area contributed by atoms with Crippen LogP contribution in [0.5, 0.6) is 0 Å². The third-order valence-corrected chi connectivity index (χ3v) is 5.32. The van der Waals surface area contributed by atoms with Crippen molar-refractivity contribution in [3.8, 4) is 6.07 Å². The van der Waals surface area contributed by atoms with Crippen molar-refractivity contribution < 1.29 is 13.2 Å². The lowest BCUT2D eigenvalue weighted by Crippen LogP contribution is -2.41. The Morgan fingerprint density at radius 1 is 1.24 bits per heavy atom. The van der Waals surface area contributed by atoms with Crippen LogP contribution in [-0.4, -0.2) is 31.2 Å². The van der Waals surface area contributed by atoms with Crippen LogP contribution >= 0.6 is 11.3 Å². The Bertz CT molecular complexity index is 803. The summed E-state index contributed by atoms with van der Waals surface area (Å²) in [6.07, 6.45) is -2.87. The number of hydrogen-bond acceptors (Lipinski definition) is 6. The molecule has 0 spiro atoms. The third-order valence-electron chi connectivity index (χ3n) is 4.32. The van der Waals surface area contributed by atoms with E-state index in [1.165, 1.54) is 0 Å². The van der Waals surface area contributed by atoms with Crippen LogP contribution in [0, 0.1) is 11.3 Å². The number of nitrogens with two attached hydrogens (primary N) is 1. The van der Waals surface area contributed by atoms with Crippen LogP contribution in [0.1, 0.15) is 58.4 Å². The van der Waals surface area contributed by atoms with E-state index in [1.54, 1.807) is 0 Å². The number of anilines is 2. The van der Waals surface area contributed by atoms with Crippen LogP contribution in [0.2, 0.25) is 0 Å². The molecule has 1 fully saturated rings. The molecule has 0 aliphatic carbocycles. The predicted molar refractivity (Wildman–Crippen MR) is 117 cm³/mol. The summed E-state index contributed by atoms with van der Waals surface area (Å²) in [5, 5.41) is 12.1. The number of thiophene rings is 1. The number of alkyl halides is 3. The first-order valence-electron chi connectivity index (χ1n) is 9.47. The highest BCUT2D eigenvalue weighted by molar-refractivity contribution is 7.19. The lowest BCUT2D eigenvalue weighted by atomic mass is 10.0. The highest BCUT2D eigenvalue weighted by Crippen LogP contribution is 2.43. The SMILES string of the molecule is C.CC.CC.CNC1CCN(c2cc(C(F)(F)F)c3c(N)c(C#N)sc3n2)CC1. The minimum absolute atomic E-state index is 0. The fourth-order valence-corrected chi connectivity index (χ4v) is 3.89. The smallest absolute Gasteiger partial charge is 0.396 e. The van der Waals surface area contributed by atoms with Gasteiger partial charge in [-0.3, -0.25) is 0 Å². The highest BCUT2D eigenvalue weighted by Gasteiger charge is 2.36. The molecule has 2 aromatic heterocycles. The second kappa shape index (κ2) is 11.8. The van der Waals surface area contributed by atoms with E-state index in [-0.39, 0.29) is 34.0 Å². The van der Waals surface area contributed by atoms with Gasteiger partial charge in [0.05, 0.1) is 11.3 Å². The Morgan fingerprint density at radius 2 is 1.79 bits per heavy atom. The summed E-state index contributed by atoms with van der Waals surface area (Å²) >= 11 is 0.901. The second-order valence-corrected chi connectivity index (χ2v) is 6.71. The molecule has 1 aliphatic rings. The molecule has 9 heteroatoms. The first-order chi connectivity index (χ1) is 13.3. The Balaban J connectivity index is 0.00000148. The number of aromatic nitrogens is 1. The average Bonchev–Trinajstić information content (AvgIpc) is 3.05. The Morgan fingerprint density at radius 3 is 2.24 bits per heavy atom. The van der Waals surface area contributed by atoms with Gasteiger partial charge in [0.1, 0.15) is 21.6 Å². The molecule has 1 aliphatic heterocycles. The lowest BCUT2D eigenvalue weighted by Gasteiger charge is -2.33. The zero-order valence-corrected chi connectivity index (χ0v) is 17.8. The summed E-state index contributed by atoms with van der Waals surface area (Å²) in [7, 11) is 1.88. The molecule has 3 heterocycles. The van der Waals surface area contributed by atoms with Crippen LogP contribution in [0.4, 0.5) is 24.7 Å². The van der Waals surface area contributed by atoms with Crippen LogP contribution in [0.15, 0.2) is 6.07 Å². The van der Waals surface area contributed by atoms with Crippen molar-refractivity contribution in [1.29, 1.82) is 5.26 Å². The van der Waals surface area contributed by atoms with E-state index in [9.17, 15) is 13.2 Å². The van der Waals surface area contributed by atoms with Crippen molar-refractivity contribution in [2.75, 3.05) is 30.8 Å². The number of nitriles is 1. The molecule has 1 saturated heterocycles. The molecule has 0 atom stereocenters. The summed E-state index contributed by atoms with van der Waals surface area (Å²) in [4.78, 5) is 6.42. The largest absolute Gasteiger partial charge is 0.417 e. The van der Waals surface area contributed by atoms with Gasteiger partial charge in [0.25, 0.3) is 0 Å². The monoisotopic (exact) mass is 431 g/mol. The molecule has 5 nitrogen and oxygen atoms in total. The minimum Gasteiger partial charge on any atom is -0.396 e. The summed E-state index contributed by atoms with van der Waals surface area (Å²) in [5.41, 5.74) is 4.77. The highest BCUT2D eigenvalue weighted by atomic mass is 32.1. The molecule has 0 amide bonds. The quantitative estimate of drug-likeness (QED) is 0.643. The van der Waals surface area contributed by atoms with Gasteiger partial charge in [-0.1, -0.05) is 35.1 Å². The third kappa shape index (κ3) is 5.97. The normalized spacial score (nSPS) is 14.1. The maximum Gasteiger partial charge on any atom is 0.417 e. The molecule has 0 bridgehead atoms. The van der Waals surface area contributed by atoms with Gasteiger partial charge in [-0.05, 0) is 26.0 Å². The topological polar surface area (TPSA) is 78.0 Å². The van der Waals surface area contributed by atoms with Gasteiger partial charge < -0.3 is 16.0 Å². The molecule has 164 valence electrons. The summed E-state index contributed by atoms with van der Waals surface area (Å²) in [5.74, 6) is 0.287. The number of nitrogens with one attached hydrogen (secondary N) is 1. The molecular formula is C20H32F3N5S. The van der Waals surface area contributed by atoms with Crippen molar-refractivity contribution >= 4 is 33.1 Å². The van der Waals surface area contributed by atoms with E-state index in [0.29, 0.717) is 19.1 Å². The number of nitrogen functional groups attached to an aromatic ring is 1. The number of piperidine rings is 1. The fourth-order valence-electron chi connectivity index (χ4n) is 2.97. The number of fused-ring (bicyclic) bond motifs is 1. The van der Waals surface area contributed by atoms with Gasteiger partial charge in [0, 0.05) is 24.5 Å². The summed E-state index contributed by atoms with van der Waals surface area (Å²) < 4.78 is 40.5. The van der Waals surface area contributed by atoms with Crippen molar-refractivity contribution in [1.82, 2.24) is 10.3 Å². The lowest BCUT2D eigenvalue weighted by molar-refractivity contribution is -0.136. The van der Waals surface area contributed by atoms with Crippen molar-refractivity contribution in [3.63, 3.8) is 0 Å². The molecular weight excluding hydrogens is 399 g/mol. The molecule has 0 aromatic carbocycles. The Kier molecular flexibility index (Phi) is 11.0. The van der Waals surface area contributed by atoms with Gasteiger partial charge in [0.2, 0.25) is 0 Å². The number of rotatable bonds is 2. The maximum atomic E-state index is 13.5. The van der Waals surface area contributed by atoms with E-state index < -0.39 is 11.7 Å². The molecule has 0 unspecified atom stereocenters. The van der Waals surface area contributed by atoms with Gasteiger partial charge in [-0.2, -0.15) is 18.4 Å². The Hall–Kier alpha value is -2.05. The standard InChI is InChI=1S/C15H16F3N5S.2C2H6.CH4/c1-21-8-2-4-23(5-3-8)11-6-9(15(16,17)18)12-13(20)10(7-19)24-14(12)22-11;2*1-2;/h6,8,21H,2-5,20H2,1H3;2*1-2H3;1H4. The van der Waals surface area contributed by atoms with Crippen LogP contribution < -0.4 is 16.0 Å². The van der Waals surface area contributed by atoms with E-state index in [1.807, 2.05) is 45.7 Å². The van der Waals surface area contributed by atoms with E-state index in [4.69, 9.17) is 11.0 Å². The van der Waals surface area contributed by atoms with Crippen LogP contribution in [-0.2, 0) is 6.18 Å². The van der Waals surface area contributed by atoms with E-state index >= 15 is 0 Å². The van der Waals surface area contributed by atoms with Crippen molar-refractivity contribution in [2.45, 2.75) is 60.2 Å². The van der Waals surface area contributed by atoms with Crippen molar-refractivity contribution in [2.24, 2.45) is 0 Å². The second-order valence-electron chi connectivity index (χ2n) is 5.71. The zero-order chi connectivity index (χ0) is 21.5. The van der Waals surface area contributed by atoms with E-state index in [2.05, 4.69) is 10.3 Å². The van der Waals surface area contributed by atoms with Gasteiger partial charge in [-0.25, -0.2) is 4.98 Å². The minimum atomic E-state index is -4.55. The van der Waals surface area contributed by atoms with Crippen LogP contribution in [0.25, 0.3) is 10.2 Å². The summed E-state index contributed by atoms with van der Waals surface area (Å²) in [6, 6.07) is 3.26. The fraction of sp³-hybridized carbons (Fsp3) is 0.600. The van der Waals surface area contributed by atoms with Gasteiger partial charge in [0.15, 0.2) is 0 Å². The number of nitrogens with zero attached hydrogens (tertiary/aromatic N) is 3. The molecule has 3 rings (SSSR count). The number of hydrogen-bond donors (Lipinski definition) is 2. The first-order valence-corrected chi connectivity index (χ1v) is 10.3. The summed E-state index contributed by atoms with van der Waals surface area (Å²) in [6.45, 7) is 9.26. The maximum absolute atomic E-state index is 13.5. The zero-order valence-electron chi connectivity index (χ0n) is 16.9. The van der Waals surface area contributed by atoms with E-state index in [0.717, 1.165) is 30.2 Å². The molecule has 0 saturated carbocycles. The molecule has 3 N–H and O–H groups in total. The first kappa shape index (κ1) is 27.0. The Labute approximate surface area is 175 Å². The predicted octanol–water partition coefficient (Wildman–Crippen LogP) is 5.65.